The first-order chi connectivity index (χ1) is 15.8. The van der Waals surface area contributed by atoms with Crippen LogP contribution < -0.4 is 0 Å². The molecule has 3 heterocycles. The van der Waals surface area contributed by atoms with Crippen LogP contribution in [0.15, 0.2) is 18.2 Å². The van der Waals surface area contributed by atoms with Crippen LogP contribution in [0.25, 0.3) is 11.0 Å². The van der Waals surface area contributed by atoms with Gasteiger partial charge in [0.05, 0.1) is 11.7 Å². The summed E-state index contributed by atoms with van der Waals surface area (Å²) in [6.45, 7) is 8.52. The Balaban J connectivity index is 1.86. The average Bonchev–Trinajstić information content (AvgIpc) is 3.05. The molecule has 5 N–H and O–H groups in total. The molecule has 3 unspecified atom stereocenters. The Morgan fingerprint density at radius 2 is 1.85 bits per heavy atom. The Morgan fingerprint density at radius 3 is 2.44 bits per heavy atom. The number of aliphatic hydroxyl groups excluding tert-OH is 2. The predicted octanol–water partition coefficient (Wildman–Crippen LogP) is 4.03. The van der Waals surface area contributed by atoms with Gasteiger partial charge in [0.15, 0.2) is 5.34 Å². The van der Waals surface area contributed by atoms with Crippen molar-refractivity contribution < 1.29 is 34.0 Å². The standard InChI is InChI=1S/C23H35N2O7PS/c1-6-22(5,32-33(29,30)23(28,7-2)8-3)12-16-17(26)18(27)19(31-16)15-11-14-10-9-13(4)24-20(14)25-21(15)34/h9-11,16-19,26-28H,6-8,12H2,1-5H3,(H,29,30)(H,24,25,34)/t16-,17?,18+,19+,22?/m1/s1. The van der Waals surface area contributed by atoms with E-state index in [1.165, 1.54) is 0 Å². The van der Waals surface area contributed by atoms with Crippen LogP contribution >= 0.6 is 19.8 Å². The maximum Gasteiger partial charge on any atom is 0.359 e. The first-order valence-electron chi connectivity index (χ1n) is 11.6. The number of aryl methyl sites for hydroxylation is 1. The van der Waals surface area contributed by atoms with Crippen molar-refractivity contribution in [3.8, 4) is 0 Å². The van der Waals surface area contributed by atoms with Gasteiger partial charge in [-0.25, -0.2) is 4.98 Å². The molecule has 3 rings (SSSR count). The normalized spacial score (nSPS) is 27.0. The third-order valence-corrected chi connectivity index (χ3v) is 9.63. The number of pyridine rings is 2. The van der Waals surface area contributed by atoms with Gasteiger partial charge in [0.25, 0.3) is 0 Å². The maximum absolute atomic E-state index is 13.0. The van der Waals surface area contributed by atoms with E-state index in [-0.39, 0.29) is 19.3 Å². The molecule has 2 aromatic rings. The summed E-state index contributed by atoms with van der Waals surface area (Å²) < 4.78 is 25.0. The lowest BCUT2D eigenvalue weighted by molar-refractivity contribution is -0.0544. The molecule has 34 heavy (non-hydrogen) atoms. The van der Waals surface area contributed by atoms with Crippen molar-refractivity contribution in [1.82, 2.24) is 9.97 Å². The van der Waals surface area contributed by atoms with Crippen LogP contribution in [-0.4, -0.2) is 59.4 Å². The number of nitrogens with zero attached hydrogens (tertiary/aromatic N) is 1. The summed E-state index contributed by atoms with van der Waals surface area (Å²) in [5, 5.41) is 31.1. The van der Waals surface area contributed by atoms with Crippen LogP contribution in [0.5, 0.6) is 0 Å². The highest BCUT2D eigenvalue weighted by Gasteiger charge is 2.51. The summed E-state index contributed by atoms with van der Waals surface area (Å²) in [6.07, 6.45) is -3.88. The molecule has 1 fully saturated rings. The van der Waals surface area contributed by atoms with Gasteiger partial charge in [-0.2, -0.15) is 0 Å². The number of aliphatic hydroxyl groups is 3. The number of fused-ring (bicyclic) bond motifs is 1. The summed E-state index contributed by atoms with van der Waals surface area (Å²) in [4.78, 5) is 18.1. The van der Waals surface area contributed by atoms with Crippen LogP contribution in [-0.2, 0) is 13.8 Å². The van der Waals surface area contributed by atoms with E-state index < -0.39 is 43.0 Å². The van der Waals surface area contributed by atoms with Gasteiger partial charge >= 0.3 is 7.60 Å². The van der Waals surface area contributed by atoms with E-state index in [0.717, 1.165) is 11.1 Å². The first-order valence-corrected chi connectivity index (χ1v) is 13.6. The lowest BCUT2D eigenvalue weighted by Crippen LogP contribution is -2.40. The molecular weight excluding hydrogens is 479 g/mol. The Bertz CT molecular complexity index is 1140. The van der Waals surface area contributed by atoms with Gasteiger partial charge in [0.2, 0.25) is 0 Å². The van der Waals surface area contributed by atoms with Gasteiger partial charge in [0.1, 0.15) is 28.6 Å². The summed E-state index contributed by atoms with van der Waals surface area (Å²) >= 11 is 5.47. The van der Waals surface area contributed by atoms with Crippen LogP contribution in [0.2, 0.25) is 0 Å². The average molecular weight is 515 g/mol. The molecule has 0 amide bonds. The molecule has 1 aliphatic rings. The van der Waals surface area contributed by atoms with Crippen molar-refractivity contribution in [2.75, 3.05) is 0 Å². The largest absolute Gasteiger partial charge is 0.388 e. The van der Waals surface area contributed by atoms with E-state index in [1.54, 1.807) is 33.8 Å². The van der Waals surface area contributed by atoms with E-state index >= 15 is 0 Å². The molecule has 0 bridgehead atoms. The number of hydrogen-bond acceptors (Lipinski definition) is 8. The Hall–Kier alpha value is -1.23. The fourth-order valence-electron chi connectivity index (χ4n) is 4.29. The number of hydrogen-bond donors (Lipinski definition) is 5. The summed E-state index contributed by atoms with van der Waals surface area (Å²) in [5.74, 6) is 0. The van der Waals surface area contributed by atoms with Crippen LogP contribution in [0, 0.1) is 11.6 Å². The van der Waals surface area contributed by atoms with E-state index in [2.05, 4.69) is 9.97 Å². The Morgan fingerprint density at radius 1 is 1.21 bits per heavy atom. The second-order valence-corrected chi connectivity index (χ2v) is 11.8. The monoisotopic (exact) mass is 514 g/mol. The lowest BCUT2D eigenvalue weighted by Gasteiger charge is -2.38. The molecule has 6 atom stereocenters. The van der Waals surface area contributed by atoms with E-state index in [0.29, 0.717) is 22.3 Å². The maximum atomic E-state index is 13.0. The summed E-state index contributed by atoms with van der Waals surface area (Å²) in [5.41, 5.74) is 0.761. The molecule has 190 valence electrons. The van der Waals surface area contributed by atoms with Crippen LogP contribution in [0.3, 0.4) is 0 Å². The zero-order chi connectivity index (χ0) is 25.5. The minimum Gasteiger partial charge on any atom is -0.388 e. The molecule has 2 aromatic heterocycles. The Kier molecular flexibility index (Phi) is 8.07. The third kappa shape index (κ3) is 5.15. The summed E-state index contributed by atoms with van der Waals surface area (Å²) in [6, 6.07) is 5.52. The highest BCUT2D eigenvalue weighted by atomic mass is 32.1. The zero-order valence-corrected chi connectivity index (χ0v) is 21.9. The summed E-state index contributed by atoms with van der Waals surface area (Å²) in [7, 11) is -4.43. The number of rotatable bonds is 9. The van der Waals surface area contributed by atoms with E-state index in [1.807, 2.05) is 19.1 Å². The number of nitrogens with one attached hydrogen (secondary N) is 1. The second-order valence-electron chi connectivity index (χ2n) is 9.33. The van der Waals surface area contributed by atoms with Crippen molar-refractivity contribution in [3.05, 3.63) is 34.1 Å². The van der Waals surface area contributed by atoms with Gasteiger partial charge < -0.3 is 34.5 Å². The molecule has 0 spiro atoms. The third-order valence-electron chi connectivity index (χ3n) is 6.92. The predicted molar refractivity (Wildman–Crippen MR) is 131 cm³/mol. The molecule has 9 nitrogen and oxygen atoms in total. The molecule has 1 saturated heterocycles. The first kappa shape index (κ1) is 27.4. The minimum absolute atomic E-state index is 0.0249. The molecule has 0 aromatic carbocycles. The number of aromatic nitrogens is 2. The second kappa shape index (κ2) is 10.0. The Labute approximate surface area is 204 Å². The molecule has 0 saturated carbocycles. The highest BCUT2D eigenvalue weighted by molar-refractivity contribution is 7.71. The fourth-order valence-corrected chi connectivity index (χ4v) is 6.33. The molecule has 0 radical (unpaired) electrons. The lowest BCUT2D eigenvalue weighted by atomic mass is 9.92. The van der Waals surface area contributed by atoms with Gasteiger partial charge in [-0.1, -0.05) is 33.0 Å². The molecule has 0 aliphatic carbocycles. The van der Waals surface area contributed by atoms with Crippen molar-refractivity contribution >= 4 is 30.8 Å². The van der Waals surface area contributed by atoms with Crippen molar-refractivity contribution in [3.63, 3.8) is 0 Å². The number of ether oxygens (including phenoxy) is 1. The van der Waals surface area contributed by atoms with Crippen molar-refractivity contribution in [2.45, 2.75) is 95.7 Å². The van der Waals surface area contributed by atoms with Crippen molar-refractivity contribution in [1.29, 1.82) is 0 Å². The van der Waals surface area contributed by atoms with Crippen molar-refractivity contribution in [2.24, 2.45) is 0 Å². The minimum atomic E-state index is -4.43. The topological polar surface area (TPSA) is 145 Å². The van der Waals surface area contributed by atoms with Gasteiger partial charge in [-0.15, -0.1) is 0 Å². The zero-order valence-electron chi connectivity index (χ0n) is 20.2. The quantitative estimate of drug-likeness (QED) is 0.247. The van der Waals surface area contributed by atoms with Gasteiger partial charge in [-0.3, -0.25) is 4.57 Å². The number of H-pyrrole nitrogens is 1. The van der Waals surface area contributed by atoms with Crippen LogP contribution in [0.4, 0.5) is 0 Å². The molecular formula is C23H35N2O7PS. The smallest absolute Gasteiger partial charge is 0.359 e. The van der Waals surface area contributed by atoms with E-state index in [9.17, 15) is 24.8 Å². The van der Waals surface area contributed by atoms with E-state index in [4.69, 9.17) is 21.5 Å². The van der Waals surface area contributed by atoms with Gasteiger partial charge in [0, 0.05) is 23.1 Å². The molecule has 1 aliphatic heterocycles. The SMILES string of the molecule is CCC(C)(C[C@H]1O[C@@H](c2cc3ccc(C)nc3[nH]c2=S)[C@@H](O)C1O)OP(=O)(O)C(O)(CC)CC. The van der Waals surface area contributed by atoms with Crippen LogP contribution in [0.1, 0.15) is 70.7 Å². The molecule has 11 heteroatoms. The number of aromatic amines is 1. The highest BCUT2D eigenvalue weighted by Crippen LogP contribution is 2.60. The van der Waals surface area contributed by atoms with Gasteiger partial charge in [-0.05, 0) is 51.3 Å². The fraction of sp³-hybridized carbons (Fsp3) is 0.652.